The highest BCUT2D eigenvalue weighted by atomic mass is 35.5. The monoisotopic (exact) mass is 346 g/mol. The van der Waals surface area contributed by atoms with Crippen molar-refractivity contribution in [2.75, 3.05) is 0 Å². The van der Waals surface area contributed by atoms with E-state index in [0.717, 1.165) is 11.3 Å². The number of aromatic nitrogens is 1. The average molecular weight is 347 g/mol. The highest BCUT2D eigenvalue weighted by Gasteiger charge is 2.29. The molecule has 0 amide bonds. The fraction of sp³-hybridized carbons (Fsp3) is 0.167. The first-order valence-corrected chi connectivity index (χ1v) is 8.41. The predicted molar refractivity (Wildman–Crippen MR) is 79.0 cm³/mol. The van der Waals surface area contributed by atoms with Crippen LogP contribution in [0, 0.1) is 6.92 Å². The molecule has 0 unspecified atom stereocenters. The Bertz CT molecular complexity index is 773. The van der Waals surface area contributed by atoms with Crippen LogP contribution in [0.3, 0.4) is 0 Å². The number of benzene rings is 1. The van der Waals surface area contributed by atoms with E-state index < -0.39 is 22.0 Å². The molecule has 1 heterocycles. The van der Waals surface area contributed by atoms with Crippen molar-refractivity contribution in [3.8, 4) is 0 Å². The van der Waals surface area contributed by atoms with Gasteiger partial charge in [0.2, 0.25) is 0 Å². The van der Waals surface area contributed by atoms with E-state index in [-0.39, 0.29) is 14.8 Å². The van der Waals surface area contributed by atoms with Gasteiger partial charge >= 0.3 is 5.97 Å². The molecule has 0 aliphatic carbocycles. The van der Waals surface area contributed by atoms with Crippen molar-refractivity contribution in [3.05, 3.63) is 46.1 Å². The molecule has 2 N–H and O–H groups in total. The van der Waals surface area contributed by atoms with E-state index in [1.54, 1.807) is 19.1 Å². The van der Waals surface area contributed by atoms with E-state index in [0.29, 0.717) is 5.01 Å². The lowest BCUT2D eigenvalue weighted by Gasteiger charge is -2.15. The molecule has 1 aromatic carbocycles. The number of rotatable bonds is 5. The maximum Gasteiger partial charge on any atom is 0.326 e. The van der Waals surface area contributed by atoms with Crippen LogP contribution in [-0.4, -0.2) is 24.5 Å². The molecule has 1 atom stereocenters. The molecule has 0 bridgehead atoms. The predicted octanol–water partition coefficient (Wildman–Crippen LogP) is 2.21. The number of carboxylic acid groups (broad SMARTS) is 1. The van der Waals surface area contributed by atoms with Crippen LogP contribution in [0.5, 0.6) is 0 Å². The van der Waals surface area contributed by atoms with E-state index in [2.05, 4.69) is 9.71 Å². The van der Waals surface area contributed by atoms with Crippen LogP contribution in [0.2, 0.25) is 5.02 Å². The molecule has 0 aliphatic heterocycles. The Balaban J connectivity index is 2.38. The number of hydrogen-bond acceptors (Lipinski definition) is 5. The number of aryl methyl sites for hydroxylation is 1. The van der Waals surface area contributed by atoms with Gasteiger partial charge in [0.15, 0.2) is 4.21 Å². The van der Waals surface area contributed by atoms with Crippen molar-refractivity contribution < 1.29 is 18.3 Å². The molecule has 2 rings (SSSR count). The Labute approximate surface area is 130 Å². The summed E-state index contributed by atoms with van der Waals surface area (Å²) in [6.45, 7) is 1.66. The van der Waals surface area contributed by atoms with Gasteiger partial charge in [0.1, 0.15) is 6.04 Å². The average Bonchev–Trinajstić information content (AvgIpc) is 2.84. The molecule has 1 aromatic heterocycles. The van der Waals surface area contributed by atoms with Gasteiger partial charge in [-0.3, -0.25) is 4.79 Å². The molecular weight excluding hydrogens is 336 g/mol. The van der Waals surface area contributed by atoms with Gasteiger partial charge in [0.05, 0.1) is 11.2 Å². The molecule has 0 saturated carbocycles. The molecule has 0 spiro atoms. The number of halogens is 1. The lowest BCUT2D eigenvalue weighted by molar-refractivity contribution is -0.139. The second kappa shape index (κ2) is 6.10. The van der Waals surface area contributed by atoms with Crippen LogP contribution in [0.25, 0.3) is 0 Å². The fourth-order valence-electron chi connectivity index (χ4n) is 1.64. The zero-order chi connectivity index (χ0) is 15.6. The molecule has 0 aliphatic rings. The summed E-state index contributed by atoms with van der Waals surface area (Å²) < 4.78 is 26.5. The second-order valence-electron chi connectivity index (χ2n) is 4.11. The molecular formula is C12H11ClN2O4S2. The van der Waals surface area contributed by atoms with Crippen molar-refractivity contribution >= 4 is 38.9 Å². The van der Waals surface area contributed by atoms with Gasteiger partial charge in [0, 0.05) is 5.02 Å². The Kier molecular flexibility index (Phi) is 4.62. The Morgan fingerprint density at radius 3 is 2.62 bits per heavy atom. The third kappa shape index (κ3) is 3.59. The largest absolute Gasteiger partial charge is 0.480 e. The van der Waals surface area contributed by atoms with E-state index in [1.807, 2.05) is 0 Å². The van der Waals surface area contributed by atoms with Crippen LogP contribution >= 0.6 is 22.9 Å². The highest BCUT2D eigenvalue weighted by Crippen LogP contribution is 2.26. The first-order valence-electron chi connectivity index (χ1n) is 5.73. The highest BCUT2D eigenvalue weighted by molar-refractivity contribution is 7.91. The smallest absolute Gasteiger partial charge is 0.326 e. The summed E-state index contributed by atoms with van der Waals surface area (Å²) in [6, 6.07) is 4.71. The SMILES string of the molecule is Cc1ncc(S(=O)(=O)N[C@@H](C(=O)O)c2ccccc2Cl)s1. The zero-order valence-corrected chi connectivity index (χ0v) is 13.2. The summed E-state index contributed by atoms with van der Waals surface area (Å²) in [5.74, 6) is -1.34. The number of carbonyl (C=O) groups is 1. The third-order valence-corrected chi connectivity index (χ3v) is 5.74. The first-order chi connectivity index (χ1) is 9.81. The standard InChI is InChI=1S/C12H11ClN2O4S2/c1-7-14-6-10(20-7)21(18,19)15-11(12(16)17)8-4-2-3-5-9(8)13/h2-6,11,15H,1H3,(H,16,17)/t11-/m1/s1. The molecule has 21 heavy (non-hydrogen) atoms. The molecule has 112 valence electrons. The van der Waals surface area contributed by atoms with Gasteiger partial charge in [-0.05, 0) is 18.6 Å². The summed E-state index contributed by atoms with van der Waals surface area (Å²) in [6.07, 6.45) is 1.19. The minimum absolute atomic E-state index is 0.0432. The summed E-state index contributed by atoms with van der Waals surface area (Å²) >= 11 is 6.89. The van der Waals surface area contributed by atoms with Gasteiger partial charge in [-0.1, -0.05) is 29.8 Å². The van der Waals surface area contributed by atoms with Crippen LogP contribution < -0.4 is 4.72 Å². The number of aliphatic carboxylic acids is 1. The summed E-state index contributed by atoms with van der Waals surface area (Å²) in [5, 5.41) is 10.0. The first kappa shape index (κ1) is 15.9. The number of thiazole rings is 1. The van der Waals surface area contributed by atoms with E-state index in [4.69, 9.17) is 11.6 Å². The molecule has 2 aromatic rings. The lowest BCUT2D eigenvalue weighted by Crippen LogP contribution is -2.33. The topological polar surface area (TPSA) is 96.4 Å². The van der Waals surface area contributed by atoms with Gasteiger partial charge in [-0.25, -0.2) is 13.4 Å². The second-order valence-corrected chi connectivity index (χ2v) is 7.70. The van der Waals surface area contributed by atoms with Crippen molar-refractivity contribution in [3.63, 3.8) is 0 Å². The van der Waals surface area contributed by atoms with Crippen LogP contribution in [0.15, 0.2) is 34.7 Å². The molecule has 0 radical (unpaired) electrons. The van der Waals surface area contributed by atoms with Crippen LogP contribution in [-0.2, 0) is 14.8 Å². The maximum absolute atomic E-state index is 12.2. The summed E-state index contributed by atoms with van der Waals surface area (Å²) in [4.78, 5) is 15.2. The quantitative estimate of drug-likeness (QED) is 0.865. The number of nitrogens with one attached hydrogen (secondary N) is 1. The minimum Gasteiger partial charge on any atom is -0.480 e. The van der Waals surface area contributed by atoms with Gasteiger partial charge < -0.3 is 5.11 Å². The third-order valence-electron chi connectivity index (χ3n) is 2.60. The molecule has 6 nitrogen and oxygen atoms in total. The molecule has 0 saturated heterocycles. The summed E-state index contributed by atoms with van der Waals surface area (Å²) in [5.41, 5.74) is 0.177. The van der Waals surface area contributed by atoms with Gasteiger partial charge in [-0.2, -0.15) is 4.72 Å². The van der Waals surface area contributed by atoms with Crippen LogP contribution in [0.4, 0.5) is 0 Å². The van der Waals surface area contributed by atoms with E-state index in [1.165, 1.54) is 18.3 Å². The van der Waals surface area contributed by atoms with Gasteiger partial charge in [0.25, 0.3) is 10.0 Å². The van der Waals surface area contributed by atoms with E-state index in [9.17, 15) is 18.3 Å². The number of carboxylic acids is 1. The Hall–Kier alpha value is -1.48. The Morgan fingerprint density at radius 1 is 1.43 bits per heavy atom. The maximum atomic E-state index is 12.2. The normalized spacial score (nSPS) is 13.0. The van der Waals surface area contributed by atoms with Crippen molar-refractivity contribution in [1.29, 1.82) is 0 Å². The van der Waals surface area contributed by atoms with Crippen LogP contribution in [0.1, 0.15) is 16.6 Å². The van der Waals surface area contributed by atoms with Crippen molar-refractivity contribution in [1.82, 2.24) is 9.71 Å². The number of hydrogen-bond donors (Lipinski definition) is 2. The van der Waals surface area contributed by atoms with Crippen molar-refractivity contribution in [2.45, 2.75) is 17.2 Å². The lowest BCUT2D eigenvalue weighted by atomic mass is 10.1. The van der Waals surface area contributed by atoms with Crippen molar-refractivity contribution in [2.24, 2.45) is 0 Å². The summed E-state index contributed by atoms with van der Waals surface area (Å²) in [7, 11) is -3.98. The fourth-order valence-corrected chi connectivity index (χ4v) is 4.17. The zero-order valence-electron chi connectivity index (χ0n) is 10.8. The number of nitrogens with zero attached hydrogens (tertiary/aromatic N) is 1. The minimum atomic E-state index is -3.98. The number of sulfonamides is 1. The molecule has 9 heteroatoms. The Morgan fingerprint density at radius 2 is 2.10 bits per heavy atom. The molecule has 0 fully saturated rings. The van der Waals surface area contributed by atoms with Gasteiger partial charge in [-0.15, -0.1) is 11.3 Å². The van der Waals surface area contributed by atoms with E-state index >= 15 is 0 Å².